The van der Waals surface area contributed by atoms with Crippen LogP contribution >= 0.6 is 28.4 Å². The van der Waals surface area contributed by atoms with Crippen molar-refractivity contribution in [3.05, 3.63) is 47.3 Å². The average molecular weight is 566 g/mol. The van der Waals surface area contributed by atoms with Crippen LogP contribution in [0.2, 0.25) is 0 Å². The number of aryl methyl sites for hydroxylation is 1. The molecule has 2 aromatic rings. The van der Waals surface area contributed by atoms with Crippen LogP contribution in [0.25, 0.3) is 0 Å². The predicted molar refractivity (Wildman–Crippen MR) is 145 cm³/mol. The van der Waals surface area contributed by atoms with Crippen molar-refractivity contribution in [2.75, 3.05) is 30.1 Å². The fourth-order valence-electron chi connectivity index (χ4n) is 5.06. The van der Waals surface area contributed by atoms with E-state index >= 15 is 0 Å². The zero-order valence-corrected chi connectivity index (χ0v) is 22.6. The average Bonchev–Trinajstić information content (AvgIpc) is 2.83. The molecule has 4 rings (SSSR count). The zero-order chi connectivity index (χ0) is 22.6. The third-order valence-corrected chi connectivity index (χ3v) is 8.67. The first-order valence-corrected chi connectivity index (χ1v) is 15.9. The molecular formula is C24H36IN6P. The van der Waals surface area contributed by atoms with E-state index in [2.05, 4.69) is 80.8 Å². The summed E-state index contributed by atoms with van der Waals surface area (Å²) in [6, 6.07) is 9.89. The number of halogens is 1. The minimum Gasteiger partial charge on any atom is -0.355 e. The number of piperidine rings is 1. The Kier molecular flexibility index (Phi) is 8.24. The quantitative estimate of drug-likeness (QED) is 0.286. The summed E-state index contributed by atoms with van der Waals surface area (Å²) in [5.41, 5.74) is 4.25. The van der Waals surface area contributed by atoms with Gasteiger partial charge in [0, 0.05) is 32.1 Å². The number of anilines is 2. The van der Waals surface area contributed by atoms with E-state index in [1.165, 1.54) is 36.8 Å². The van der Waals surface area contributed by atoms with E-state index in [4.69, 9.17) is 9.97 Å². The van der Waals surface area contributed by atoms with Crippen LogP contribution in [0.3, 0.4) is 0 Å². The molecule has 1 saturated heterocycles. The van der Waals surface area contributed by atoms with Crippen LogP contribution in [0.1, 0.15) is 62.4 Å². The second kappa shape index (κ2) is 10.9. The number of benzene rings is 1. The smallest absolute Gasteiger partial charge is 0.155 e. The molecule has 0 bridgehead atoms. The molecule has 1 spiro atoms. The van der Waals surface area contributed by atoms with Crippen LogP contribution in [-0.4, -0.2) is 36.1 Å². The Bertz CT molecular complexity index is 885. The molecule has 1 aliphatic carbocycles. The van der Waals surface area contributed by atoms with Gasteiger partial charge in [-0.25, -0.2) is 4.98 Å². The molecule has 6 nitrogen and oxygen atoms in total. The van der Waals surface area contributed by atoms with Gasteiger partial charge in [0.05, 0.1) is 17.9 Å². The van der Waals surface area contributed by atoms with E-state index in [1.54, 1.807) is 0 Å². The molecule has 3 atom stereocenters. The highest BCUT2D eigenvalue weighted by atomic mass is 127. The summed E-state index contributed by atoms with van der Waals surface area (Å²) >= 11 is 2.35. The highest BCUT2D eigenvalue weighted by Gasteiger charge is 2.47. The molecule has 1 aromatic carbocycles. The number of hydrogen-bond acceptors (Lipinski definition) is 6. The van der Waals surface area contributed by atoms with Gasteiger partial charge in [-0.3, -0.25) is 4.98 Å². The molecule has 1 aliphatic heterocycles. The minimum atomic E-state index is 0.177. The summed E-state index contributed by atoms with van der Waals surface area (Å²) in [7, 11) is 1.96. The topological polar surface area (TPSA) is 65.1 Å². The van der Waals surface area contributed by atoms with Crippen LogP contribution in [0.5, 0.6) is 0 Å². The number of hydrogen-bond donors (Lipinski definition) is 3. The van der Waals surface area contributed by atoms with Gasteiger partial charge >= 0.3 is 0 Å². The Balaban J connectivity index is 1.35. The molecule has 1 saturated carbocycles. The van der Waals surface area contributed by atoms with Gasteiger partial charge in [0.25, 0.3) is 0 Å². The Morgan fingerprint density at radius 3 is 2.50 bits per heavy atom. The van der Waals surface area contributed by atoms with Crippen molar-refractivity contribution in [2.24, 2.45) is 5.41 Å². The van der Waals surface area contributed by atoms with Crippen molar-refractivity contribution in [1.82, 2.24) is 20.6 Å². The lowest BCUT2D eigenvalue weighted by molar-refractivity contribution is 0.0357. The first kappa shape index (κ1) is 24.1. The third-order valence-electron chi connectivity index (χ3n) is 7.53. The summed E-state index contributed by atoms with van der Waals surface area (Å²) in [6.45, 7) is 7.43. The molecule has 0 amide bonds. The summed E-state index contributed by atoms with van der Waals surface area (Å²) in [5.74, 6) is 1.92. The Morgan fingerprint density at radius 2 is 1.91 bits per heavy atom. The fourth-order valence-corrected chi connectivity index (χ4v) is 6.10. The van der Waals surface area contributed by atoms with Gasteiger partial charge in [-0.15, -0.1) is 0 Å². The van der Waals surface area contributed by atoms with Gasteiger partial charge in [0.15, 0.2) is 5.82 Å². The van der Waals surface area contributed by atoms with E-state index < -0.39 is 0 Å². The van der Waals surface area contributed by atoms with Gasteiger partial charge in [-0.05, 0) is 84.7 Å². The van der Waals surface area contributed by atoms with Crippen LogP contribution in [0, 0.1) is 5.41 Å². The molecule has 0 radical (unpaired) electrons. The van der Waals surface area contributed by atoms with Crippen LogP contribution in [-0.2, 0) is 13.0 Å². The molecule has 1 aromatic heterocycles. The minimum absolute atomic E-state index is 0.177. The molecule has 2 heterocycles. The lowest BCUT2D eigenvalue weighted by atomic mass is 9.59. The monoisotopic (exact) mass is 566 g/mol. The maximum atomic E-state index is 4.95. The molecule has 8 heteroatoms. The normalized spacial score (nSPS) is 21.1. The highest BCUT2D eigenvalue weighted by Crippen LogP contribution is 2.49. The van der Waals surface area contributed by atoms with Crippen molar-refractivity contribution in [3.63, 3.8) is 0 Å². The lowest BCUT2D eigenvalue weighted by Gasteiger charge is -2.54. The standard InChI is InChI=1S/C24H36IN6P/c1-4-18-5-7-19(8-6-18)15-27-20-9-10-24(20)11-13-31(14-12-24)21-16-28-22(17(2)26-3)23(29-21)30-32-25/h5-8,16-17,20,26-27,32H,4,9-15H2,1-3H3,(H,29,30). The third kappa shape index (κ3) is 5.21. The predicted octanol–water partition coefficient (Wildman–Crippen LogP) is 5.21. The summed E-state index contributed by atoms with van der Waals surface area (Å²) in [4.78, 5) is 12.1. The molecule has 32 heavy (non-hydrogen) atoms. The molecule has 3 N–H and O–H groups in total. The lowest BCUT2D eigenvalue weighted by Crippen LogP contribution is -2.57. The van der Waals surface area contributed by atoms with Crippen molar-refractivity contribution in [3.8, 4) is 0 Å². The largest absolute Gasteiger partial charge is 0.355 e. The Labute approximate surface area is 207 Å². The molecule has 174 valence electrons. The Morgan fingerprint density at radius 1 is 1.19 bits per heavy atom. The molecule has 2 fully saturated rings. The van der Waals surface area contributed by atoms with E-state index in [-0.39, 0.29) is 6.04 Å². The van der Waals surface area contributed by atoms with Gasteiger partial charge in [-0.2, -0.15) is 0 Å². The first-order chi connectivity index (χ1) is 15.6. The first-order valence-electron chi connectivity index (χ1n) is 11.8. The van der Waals surface area contributed by atoms with Crippen LogP contribution < -0.4 is 20.6 Å². The maximum Gasteiger partial charge on any atom is 0.155 e. The molecule has 3 unspecified atom stereocenters. The Hall–Kier alpha value is -1.02. The maximum absolute atomic E-state index is 4.95. The second-order valence-corrected chi connectivity index (χ2v) is 11.2. The van der Waals surface area contributed by atoms with Gasteiger partial charge in [-0.1, -0.05) is 31.2 Å². The zero-order valence-electron chi connectivity index (χ0n) is 19.4. The van der Waals surface area contributed by atoms with Gasteiger partial charge in [0.2, 0.25) is 0 Å². The molecular weight excluding hydrogens is 530 g/mol. The van der Waals surface area contributed by atoms with E-state index in [0.29, 0.717) is 17.8 Å². The number of aromatic nitrogens is 2. The van der Waals surface area contributed by atoms with E-state index in [1.807, 2.05) is 13.2 Å². The number of nitrogens with one attached hydrogen (secondary N) is 3. The van der Waals surface area contributed by atoms with Crippen LogP contribution in [0.15, 0.2) is 30.5 Å². The number of rotatable bonds is 9. The van der Waals surface area contributed by atoms with E-state index in [0.717, 1.165) is 43.4 Å². The molecule has 2 aliphatic rings. The summed E-state index contributed by atoms with van der Waals surface area (Å²) < 4.78 is 0. The van der Waals surface area contributed by atoms with Crippen molar-refractivity contribution < 1.29 is 0 Å². The summed E-state index contributed by atoms with van der Waals surface area (Å²) in [6.07, 6.45) is 8.74. The highest BCUT2D eigenvalue weighted by molar-refractivity contribution is 14.2. The van der Waals surface area contributed by atoms with Gasteiger partial charge in [0.1, 0.15) is 5.82 Å². The van der Waals surface area contributed by atoms with Crippen molar-refractivity contribution in [2.45, 2.75) is 64.6 Å². The number of nitrogens with zero attached hydrogens (tertiary/aromatic N) is 3. The van der Waals surface area contributed by atoms with E-state index in [9.17, 15) is 0 Å². The van der Waals surface area contributed by atoms with Gasteiger partial charge < -0.3 is 20.6 Å². The second-order valence-electron chi connectivity index (χ2n) is 9.18. The summed E-state index contributed by atoms with van der Waals surface area (Å²) in [5, 5.41) is 10.6. The van der Waals surface area contributed by atoms with Crippen molar-refractivity contribution in [1.29, 1.82) is 0 Å². The SMILES string of the molecule is CCc1ccc(CNC2CCC23CCN(c2cnc(C(C)NC)c(NPI)n2)CC3)cc1. The van der Waals surface area contributed by atoms with Crippen molar-refractivity contribution >= 4 is 40.1 Å². The fraction of sp³-hybridized carbons (Fsp3) is 0.583. The van der Waals surface area contributed by atoms with Crippen LogP contribution in [0.4, 0.5) is 11.6 Å².